The Bertz CT molecular complexity index is 807. The van der Waals surface area contributed by atoms with Crippen LogP contribution in [-0.2, 0) is 20.3 Å². The van der Waals surface area contributed by atoms with E-state index in [0.29, 0.717) is 5.56 Å². The summed E-state index contributed by atoms with van der Waals surface area (Å²) in [6.07, 6.45) is 0. The minimum atomic E-state index is -3.65. The molecule has 9 heteroatoms. The topological polar surface area (TPSA) is 80.7 Å². The molecule has 0 radical (unpaired) electrons. The van der Waals surface area contributed by atoms with E-state index in [0.717, 1.165) is 11.3 Å². The average Bonchev–Trinajstić information content (AvgIpc) is 2.78. The van der Waals surface area contributed by atoms with Crippen molar-refractivity contribution in [3.63, 3.8) is 0 Å². The van der Waals surface area contributed by atoms with Crippen molar-refractivity contribution >= 4 is 50.3 Å². The lowest BCUT2D eigenvalue weighted by atomic mass is 10.1. The highest BCUT2D eigenvalue weighted by Gasteiger charge is 2.21. The molecule has 22 heavy (non-hydrogen) atoms. The number of methoxy groups -OCH3 is 1. The zero-order chi connectivity index (χ0) is 16.5. The lowest BCUT2D eigenvalue weighted by Crippen LogP contribution is -2.05. The number of phenolic OH excluding ortho intramolecular Hbond substituents is 1. The number of phenols is 1. The van der Waals surface area contributed by atoms with Crippen molar-refractivity contribution in [2.75, 3.05) is 7.11 Å². The first-order chi connectivity index (χ1) is 10.2. The van der Waals surface area contributed by atoms with Gasteiger partial charge in [-0.3, -0.25) is 0 Å². The molecule has 1 heterocycles. The van der Waals surface area contributed by atoms with Crippen LogP contribution >= 0.6 is 34.5 Å². The Morgan fingerprint density at radius 2 is 2.00 bits per heavy atom. The number of carbonyl (C=O) groups excluding carboxylic acids is 1. The van der Waals surface area contributed by atoms with Crippen LogP contribution in [0.4, 0.5) is 0 Å². The second-order valence-corrected chi connectivity index (χ2v) is 8.57. The Hall–Kier alpha value is -1.28. The fourth-order valence-electron chi connectivity index (χ4n) is 1.72. The molecule has 0 bridgehead atoms. The first kappa shape index (κ1) is 17.1. The van der Waals surface area contributed by atoms with Crippen molar-refractivity contribution in [3.05, 3.63) is 44.8 Å². The molecule has 1 N–H and O–H groups in total. The number of rotatable bonds is 4. The molecule has 1 aromatic heterocycles. The van der Waals surface area contributed by atoms with E-state index in [1.165, 1.54) is 31.4 Å². The summed E-state index contributed by atoms with van der Waals surface area (Å²) in [4.78, 5) is 11.4. The van der Waals surface area contributed by atoms with Crippen molar-refractivity contribution in [1.82, 2.24) is 0 Å². The van der Waals surface area contributed by atoms with Crippen LogP contribution in [0.1, 0.15) is 15.9 Å². The molecule has 2 rings (SSSR count). The molecule has 0 saturated heterocycles. The number of ether oxygens (including phenoxy) is 1. The summed E-state index contributed by atoms with van der Waals surface area (Å²) >= 11 is 12.4. The second-order valence-electron chi connectivity index (χ2n) is 4.29. The molecule has 2 aromatic rings. The van der Waals surface area contributed by atoms with Crippen LogP contribution in [0.3, 0.4) is 0 Å². The predicted molar refractivity (Wildman–Crippen MR) is 84.7 cm³/mol. The highest BCUT2D eigenvalue weighted by atomic mass is 35.5. The van der Waals surface area contributed by atoms with Crippen molar-refractivity contribution in [1.29, 1.82) is 0 Å². The first-order valence-corrected chi connectivity index (χ1v) is 9.05. The van der Waals surface area contributed by atoms with E-state index in [1.807, 2.05) is 0 Å². The maximum atomic E-state index is 12.3. The van der Waals surface area contributed by atoms with E-state index in [-0.39, 0.29) is 30.6 Å². The summed E-state index contributed by atoms with van der Waals surface area (Å²) in [5, 5.41) is 9.95. The number of benzene rings is 1. The van der Waals surface area contributed by atoms with E-state index in [9.17, 15) is 18.3 Å². The van der Waals surface area contributed by atoms with Crippen molar-refractivity contribution < 1.29 is 23.1 Å². The SMILES string of the molecule is COC(=O)c1ccc(CS(=O)(=O)c2cc(Cl)c(Cl)s2)cc1O. The molecule has 0 amide bonds. The third kappa shape index (κ3) is 3.55. The normalized spacial score (nSPS) is 11.4. The van der Waals surface area contributed by atoms with Gasteiger partial charge in [0.05, 0.1) is 17.9 Å². The molecule has 0 spiro atoms. The highest BCUT2D eigenvalue weighted by Crippen LogP contribution is 2.35. The largest absolute Gasteiger partial charge is 0.507 e. The molecule has 1 aromatic carbocycles. The van der Waals surface area contributed by atoms with Gasteiger partial charge in [-0.05, 0) is 23.8 Å². The Morgan fingerprint density at radius 3 is 2.50 bits per heavy atom. The van der Waals surface area contributed by atoms with Gasteiger partial charge in [0.15, 0.2) is 9.84 Å². The molecular formula is C13H10Cl2O5S2. The maximum Gasteiger partial charge on any atom is 0.341 e. The predicted octanol–water partition coefficient (Wildman–Crippen LogP) is 3.52. The van der Waals surface area contributed by atoms with E-state index in [2.05, 4.69) is 4.74 Å². The van der Waals surface area contributed by atoms with Crippen molar-refractivity contribution in [3.8, 4) is 5.75 Å². The molecule has 118 valence electrons. The van der Waals surface area contributed by atoms with Crippen LogP contribution in [0.15, 0.2) is 28.5 Å². The van der Waals surface area contributed by atoms with Gasteiger partial charge in [-0.1, -0.05) is 29.3 Å². The van der Waals surface area contributed by atoms with Gasteiger partial charge in [-0.25, -0.2) is 13.2 Å². The Kier molecular flexibility index (Phi) is 5.01. The fraction of sp³-hybridized carbons (Fsp3) is 0.154. The molecular weight excluding hydrogens is 371 g/mol. The number of carbonyl (C=O) groups is 1. The van der Waals surface area contributed by atoms with Gasteiger partial charge in [0.2, 0.25) is 0 Å². The van der Waals surface area contributed by atoms with E-state index in [4.69, 9.17) is 23.2 Å². The Morgan fingerprint density at radius 1 is 1.32 bits per heavy atom. The summed E-state index contributed by atoms with van der Waals surface area (Å²) in [5.41, 5.74) is 0.289. The third-order valence-corrected chi connectivity index (χ3v) is 6.87. The summed E-state index contributed by atoms with van der Waals surface area (Å²) < 4.78 is 29.3. The summed E-state index contributed by atoms with van der Waals surface area (Å²) in [6.45, 7) is 0. The molecule has 0 unspecified atom stereocenters. The maximum absolute atomic E-state index is 12.3. The Labute approximate surface area is 141 Å². The van der Waals surface area contributed by atoms with Crippen LogP contribution in [0.25, 0.3) is 0 Å². The van der Waals surface area contributed by atoms with E-state index in [1.54, 1.807) is 0 Å². The van der Waals surface area contributed by atoms with Crippen LogP contribution < -0.4 is 0 Å². The number of sulfone groups is 1. The van der Waals surface area contributed by atoms with Crippen LogP contribution in [0, 0.1) is 0 Å². The van der Waals surface area contributed by atoms with Gasteiger partial charge >= 0.3 is 5.97 Å². The van der Waals surface area contributed by atoms with Crippen LogP contribution in [-0.4, -0.2) is 26.6 Å². The standard InChI is InChI=1S/C13H10Cl2O5S2/c1-20-13(17)8-3-2-7(4-10(8)16)6-22(18,19)11-5-9(14)12(15)21-11/h2-5,16H,6H2,1H3. The lowest BCUT2D eigenvalue weighted by Gasteiger charge is -2.06. The molecule has 0 atom stereocenters. The minimum absolute atomic E-state index is 0.0362. The number of hydrogen-bond donors (Lipinski definition) is 1. The van der Waals surface area contributed by atoms with Gasteiger partial charge in [0, 0.05) is 0 Å². The Balaban J connectivity index is 2.30. The molecule has 0 aliphatic rings. The van der Waals surface area contributed by atoms with E-state index < -0.39 is 15.8 Å². The second kappa shape index (κ2) is 6.45. The van der Waals surface area contributed by atoms with Crippen LogP contribution in [0.5, 0.6) is 5.75 Å². The first-order valence-electron chi connectivity index (χ1n) is 5.82. The zero-order valence-electron chi connectivity index (χ0n) is 11.2. The number of esters is 1. The quantitative estimate of drug-likeness (QED) is 0.820. The van der Waals surface area contributed by atoms with Gasteiger partial charge in [0.25, 0.3) is 0 Å². The summed E-state index contributed by atoms with van der Waals surface area (Å²) in [6, 6.07) is 5.23. The summed E-state index contributed by atoms with van der Waals surface area (Å²) in [7, 11) is -2.46. The zero-order valence-corrected chi connectivity index (χ0v) is 14.3. The number of aromatic hydroxyl groups is 1. The van der Waals surface area contributed by atoms with Crippen molar-refractivity contribution in [2.45, 2.75) is 9.96 Å². The molecule has 0 saturated carbocycles. The molecule has 0 aliphatic carbocycles. The number of halogens is 2. The summed E-state index contributed by atoms with van der Waals surface area (Å²) in [5.74, 6) is -1.40. The molecule has 5 nitrogen and oxygen atoms in total. The molecule has 0 fully saturated rings. The smallest absolute Gasteiger partial charge is 0.341 e. The number of hydrogen-bond acceptors (Lipinski definition) is 6. The van der Waals surface area contributed by atoms with Crippen LogP contribution in [0.2, 0.25) is 9.36 Å². The van der Waals surface area contributed by atoms with Crippen molar-refractivity contribution in [2.24, 2.45) is 0 Å². The van der Waals surface area contributed by atoms with Gasteiger partial charge in [0.1, 0.15) is 19.9 Å². The van der Waals surface area contributed by atoms with E-state index >= 15 is 0 Å². The van der Waals surface area contributed by atoms with Gasteiger partial charge in [-0.2, -0.15) is 0 Å². The average molecular weight is 381 g/mol. The lowest BCUT2D eigenvalue weighted by molar-refractivity contribution is 0.0597. The third-order valence-electron chi connectivity index (χ3n) is 2.75. The minimum Gasteiger partial charge on any atom is -0.507 e. The van der Waals surface area contributed by atoms with Gasteiger partial charge in [-0.15, -0.1) is 11.3 Å². The van der Waals surface area contributed by atoms with Gasteiger partial charge < -0.3 is 9.84 Å². The highest BCUT2D eigenvalue weighted by molar-refractivity contribution is 7.92. The number of thiophene rings is 1. The molecule has 0 aliphatic heterocycles. The fourth-order valence-corrected chi connectivity index (χ4v) is 5.02. The monoisotopic (exact) mass is 380 g/mol.